The van der Waals surface area contributed by atoms with Gasteiger partial charge in [0.05, 0.1) is 13.2 Å². The molecule has 2 rings (SSSR count). The Morgan fingerprint density at radius 1 is 1.08 bits per heavy atom. The third-order valence-corrected chi connectivity index (χ3v) is 4.20. The van der Waals surface area contributed by atoms with Crippen molar-refractivity contribution in [2.24, 2.45) is 0 Å². The van der Waals surface area contributed by atoms with Gasteiger partial charge in [-0.1, -0.05) is 42.8 Å². The third-order valence-electron chi connectivity index (χ3n) is 3.95. The van der Waals surface area contributed by atoms with Crippen LogP contribution in [-0.2, 0) is 13.2 Å². The summed E-state index contributed by atoms with van der Waals surface area (Å²) in [6.07, 6.45) is 0.864. The van der Waals surface area contributed by atoms with Crippen LogP contribution in [0.3, 0.4) is 0 Å². The molecule has 136 valence electrons. The number of ether oxygens (including phenoxy) is 2. The van der Waals surface area contributed by atoms with Crippen LogP contribution in [0.5, 0.6) is 11.5 Å². The Labute approximate surface area is 154 Å². The first-order valence-corrected chi connectivity index (χ1v) is 9.01. The van der Waals surface area contributed by atoms with Gasteiger partial charge in [-0.05, 0) is 37.1 Å². The van der Waals surface area contributed by atoms with Crippen molar-refractivity contribution in [3.8, 4) is 11.5 Å². The first-order valence-electron chi connectivity index (χ1n) is 8.64. The lowest BCUT2D eigenvalue weighted by Gasteiger charge is -2.19. The van der Waals surface area contributed by atoms with Gasteiger partial charge in [-0.3, -0.25) is 0 Å². The van der Waals surface area contributed by atoms with Crippen LogP contribution in [0.4, 0.5) is 0 Å². The standard InChI is InChI=1S/C20H26ClNO3/c1-3-18(13-23)22-12-16-6-5-7-19(24-4-2)20(16)25-14-15-8-10-17(21)11-9-15/h5-11,18,22-23H,3-4,12-14H2,1-2H3. The van der Waals surface area contributed by atoms with Gasteiger partial charge in [0.2, 0.25) is 0 Å². The number of benzene rings is 2. The van der Waals surface area contributed by atoms with Crippen molar-refractivity contribution in [3.63, 3.8) is 0 Å². The number of aliphatic hydroxyl groups excluding tert-OH is 1. The number of hydrogen-bond donors (Lipinski definition) is 2. The van der Waals surface area contributed by atoms with Gasteiger partial charge in [0.1, 0.15) is 6.61 Å². The van der Waals surface area contributed by atoms with Crippen LogP contribution in [0.15, 0.2) is 42.5 Å². The summed E-state index contributed by atoms with van der Waals surface area (Å²) in [4.78, 5) is 0. The highest BCUT2D eigenvalue weighted by molar-refractivity contribution is 6.30. The molecule has 4 nitrogen and oxygen atoms in total. The minimum atomic E-state index is 0.0693. The van der Waals surface area contributed by atoms with Crippen LogP contribution in [0.1, 0.15) is 31.4 Å². The Hall–Kier alpha value is -1.75. The lowest BCUT2D eigenvalue weighted by Crippen LogP contribution is -2.31. The molecule has 0 aromatic heterocycles. The predicted molar refractivity (Wildman–Crippen MR) is 101 cm³/mol. The Balaban J connectivity index is 2.15. The minimum absolute atomic E-state index is 0.0693. The van der Waals surface area contributed by atoms with E-state index in [1.165, 1.54) is 0 Å². The summed E-state index contributed by atoms with van der Waals surface area (Å²) < 4.78 is 11.8. The van der Waals surface area contributed by atoms with Crippen LogP contribution < -0.4 is 14.8 Å². The van der Waals surface area contributed by atoms with Crippen molar-refractivity contribution in [1.29, 1.82) is 0 Å². The molecule has 5 heteroatoms. The quantitative estimate of drug-likeness (QED) is 0.665. The smallest absolute Gasteiger partial charge is 0.166 e. The van der Waals surface area contributed by atoms with E-state index < -0.39 is 0 Å². The number of para-hydroxylation sites is 1. The molecule has 0 fully saturated rings. The topological polar surface area (TPSA) is 50.7 Å². The van der Waals surface area contributed by atoms with Crippen LogP contribution in [0.2, 0.25) is 5.02 Å². The highest BCUT2D eigenvalue weighted by Gasteiger charge is 2.13. The Morgan fingerprint density at radius 2 is 1.84 bits per heavy atom. The number of hydrogen-bond acceptors (Lipinski definition) is 4. The monoisotopic (exact) mass is 363 g/mol. The molecule has 0 amide bonds. The molecule has 0 radical (unpaired) electrons. The zero-order chi connectivity index (χ0) is 18.1. The minimum Gasteiger partial charge on any atom is -0.490 e. The van der Waals surface area contributed by atoms with E-state index in [9.17, 15) is 5.11 Å². The summed E-state index contributed by atoms with van der Waals surface area (Å²) >= 11 is 5.93. The molecule has 2 N–H and O–H groups in total. The average molecular weight is 364 g/mol. The highest BCUT2D eigenvalue weighted by Crippen LogP contribution is 2.32. The van der Waals surface area contributed by atoms with Crippen LogP contribution in [-0.4, -0.2) is 24.4 Å². The van der Waals surface area contributed by atoms with Gasteiger partial charge in [0, 0.05) is 23.2 Å². The number of nitrogens with one attached hydrogen (secondary N) is 1. The molecule has 0 bridgehead atoms. The van der Waals surface area contributed by atoms with E-state index in [-0.39, 0.29) is 12.6 Å². The fourth-order valence-corrected chi connectivity index (χ4v) is 2.59. The molecule has 1 unspecified atom stereocenters. The zero-order valence-electron chi connectivity index (χ0n) is 14.8. The van der Waals surface area contributed by atoms with E-state index >= 15 is 0 Å². The van der Waals surface area contributed by atoms with Gasteiger partial charge in [0.15, 0.2) is 11.5 Å². The third kappa shape index (κ3) is 5.92. The Morgan fingerprint density at radius 3 is 2.48 bits per heavy atom. The molecule has 0 aliphatic carbocycles. The SMILES string of the molecule is CCOc1cccc(CNC(CC)CO)c1OCc1ccc(Cl)cc1. The van der Waals surface area contributed by atoms with Gasteiger partial charge >= 0.3 is 0 Å². The van der Waals surface area contributed by atoms with E-state index in [1.807, 2.05) is 56.3 Å². The van der Waals surface area contributed by atoms with Crippen molar-refractivity contribution in [3.05, 3.63) is 58.6 Å². The summed E-state index contributed by atoms with van der Waals surface area (Å²) in [5, 5.41) is 13.4. The number of aliphatic hydroxyl groups is 1. The van der Waals surface area contributed by atoms with Gasteiger partial charge < -0.3 is 19.9 Å². The molecule has 2 aromatic carbocycles. The lowest BCUT2D eigenvalue weighted by molar-refractivity contribution is 0.236. The van der Waals surface area contributed by atoms with Crippen molar-refractivity contribution in [1.82, 2.24) is 5.32 Å². The van der Waals surface area contributed by atoms with E-state index in [0.717, 1.165) is 29.0 Å². The number of rotatable bonds is 10. The normalized spacial score (nSPS) is 12.0. The second-order valence-corrected chi connectivity index (χ2v) is 6.20. The van der Waals surface area contributed by atoms with Gasteiger partial charge in [-0.2, -0.15) is 0 Å². The second-order valence-electron chi connectivity index (χ2n) is 5.76. The second kappa shape index (κ2) is 10.3. The zero-order valence-corrected chi connectivity index (χ0v) is 15.6. The van der Waals surface area contributed by atoms with Crippen molar-refractivity contribution in [2.75, 3.05) is 13.2 Å². The Bertz CT molecular complexity index is 642. The molecule has 2 aromatic rings. The maximum atomic E-state index is 9.36. The summed E-state index contributed by atoms with van der Waals surface area (Å²) in [6, 6.07) is 13.5. The summed E-state index contributed by atoms with van der Waals surface area (Å²) in [5.74, 6) is 1.47. The summed E-state index contributed by atoms with van der Waals surface area (Å²) in [6.45, 7) is 5.72. The molecule has 0 heterocycles. The maximum absolute atomic E-state index is 9.36. The molecular weight excluding hydrogens is 338 g/mol. The van der Waals surface area contributed by atoms with Crippen LogP contribution in [0.25, 0.3) is 0 Å². The van der Waals surface area contributed by atoms with Crippen LogP contribution in [0, 0.1) is 0 Å². The van der Waals surface area contributed by atoms with E-state index in [1.54, 1.807) is 0 Å². The maximum Gasteiger partial charge on any atom is 0.166 e. The summed E-state index contributed by atoms with van der Waals surface area (Å²) in [5.41, 5.74) is 2.04. The molecule has 0 saturated carbocycles. The summed E-state index contributed by atoms with van der Waals surface area (Å²) in [7, 11) is 0. The Kier molecular flexibility index (Phi) is 8.06. The molecule has 25 heavy (non-hydrogen) atoms. The molecule has 0 saturated heterocycles. The average Bonchev–Trinajstić information content (AvgIpc) is 2.63. The van der Waals surface area contributed by atoms with Gasteiger partial charge in [-0.15, -0.1) is 0 Å². The molecule has 0 spiro atoms. The van der Waals surface area contributed by atoms with Crippen LogP contribution >= 0.6 is 11.6 Å². The first-order chi connectivity index (χ1) is 12.2. The van der Waals surface area contributed by atoms with E-state index in [0.29, 0.717) is 24.8 Å². The van der Waals surface area contributed by atoms with Gasteiger partial charge in [0.25, 0.3) is 0 Å². The number of halogens is 1. The fraction of sp³-hybridized carbons (Fsp3) is 0.400. The molecule has 0 aliphatic heterocycles. The fourth-order valence-electron chi connectivity index (χ4n) is 2.46. The van der Waals surface area contributed by atoms with Crippen molar-refractivity contribution < 1.29 is 14.6 Å². The lowest BCUT2D eigenvalue weighted by atomic mass is 10.1. The van der Waals surface area contributed by atoms with Crippen molar-refractivity contribution in [2.45, 2.75) is 39.5 Å². The van der Waals surface area contributed by atoms with E-state index in [4.69, 9.17) is 21.1 Å². The predicted octanol–water partition coefficient (Wildman–Crippen LogP) is 4.18. The first kappa shape index (κ1) is 19.6. The highest BCUT2D eigenvalue weighted by atomic mass is 35.5. The molecule has 0 aliphatic rings. The molecule has 1 atom stereocenters. The largest absolute Gasteiger partial charge is 0.490 e. The van der Waals surface area contributed by atoms with Gasteiger partial charge in [-0.25, -0.2) is 0 Å². The molecular formula is C20H26ClNO3. The van der Waals surface area contributed by atoms with Crippen molar-refractivity contribution >= 4 is 11.6 Å². The van der Waals surface area contributed by atoms with E-state index in [2.05, 4.69) is 5.32 Å².